The van der Waals surface area contributed by atoms with Gasteiger partial charge in [-0.25, -0.2) is 4.98 Å². The predicted molar refractivity (Wildman–Crippen MR) is 118 cm³/mol. The Kier molecular flexibility index (Phi) is 5.80. The molecule has 4 rings (SSSR count). The molecule has 0 fully saturated rings. The van der Waals surface area contributed by atoms with E-state index in [1.165, 1.54) is 5.56 Å². The third-order valence-electron chi connectivity index (χ3n) is 5.02. The molecule has 4 nitrogen and oxygen atoms in total. The summed E-state index contributed by atoms with van der Waals surface area (Å²) < 4.78 is 13.6. The van der Waals surface area contributed by atoms with Gasteiger partial charge in [0.25, 0.3) is 0 Å². The first kappa shape index (κ1) is 19.1. The maximum atomic E-state index is 5.90. The Morgan fingerprint density at radius 3 is 2.55 bits per heavy atom. The minimum absolute atomic E-state index is 0.713. The highest BCUT2D eigenvalue weighted by atomic mass is 16.5. The average molecular weight is 386 g/mol. The Balaban J connectivity index is 1.48. The first-order chi connectivity index (χ1) is 14.2. The highest BCUT2D eigenvalue weighted by molar-refractivity contribution is 5.80. The van der Waals surface area contributed by atoms with Crippen molar-refractivity contribution in [2.45, 2.75) is 26.3 Å². The van der Waals surface area contributed by atoms with E-state index in [0.717, 1.165) is 53.3 Å². The number of hydrogen-bond donors (Lipinski definition) is 0. The summed E-state index contributed by atoms with van der Waals surface area (Å²) in [6.07, 6.45) is 2.00. The number of methoxy groups -OCH3 is 1. The number of aromatic nitrogens is 2. The number of imidazole rings is 1. The van der Waals surface area contributed by atoms with Crippen molar-refractivity contribution >= 4 is 11.0 Å². The zero-order valence-electron chi connectivity index (χ0n) is 17.0. The molecule has 0 unspecified atom stereocenters. The number of para-hydroxylation sites is 2. The summed E-state index contributed by atoms with van der Waals surface area (Å²) >= 11 is 0. The molecule has 0 radical (unpaired) electrons. The molecule has 4 aromatic rings. The maximum Gasteiger partial charge on any atom is 0.141 e. The largest absolute Gasteiger partial charge is 0.497 e. The second-order valence-electron chi connectivity index (χ2n) is 7.18. The van der Waals surface area contributed by atoms with Gasteiger partial charge >= 0.3 is 0 Å². The van der Waals surface area contributed by atoms with E-state index < -0.39 is 0 Å². The zero-order chi connectivity index (χ0) is 20.1. The van der Waals surface area contributed by atoms with Crippen LogP contribution in [-0.4, -0.2) is 23.3 Å². The lowest BCUT2D eigenvalue weighted by molar-refractivity contribution is 0.303. The maximum absolute atomic E-state index is 5.90. The monoisotopic (exact) mass is 386 g/mol. The van der Waals surface area contributed by atoms with E-state index in [-0.39, 0.29) is 0 Å². The van der Waals surface area contributed by atoms with Crippen LogP contribution in [0, 0.1) is 6.92 Å². The zero-order valence-corrected chi connectivity index (χ0v) is 17.0. The van der Waals surface area contributed by atoms with Crippen molar-refractivity contribution in [2.75, 3.05) is 13.7 Å². The van der Waals surface area contributed by atoms with Crippen LogP contribution >= 0.6 is 0 Å². The van der Waals surface area contributed by atoms with Crippen molar-refractivity contribution < 1.29 is 9.47 Å². The summed E-state index contributed by atoms with van der Waals surface area (Å²) in [4.78, 5) is 4.89. The van der Waals surface area contributed by atoms with Crippen molar-refractivity contribution in [2.24, 2.45) is 0 Å². The highest BCUT2D eigenvalue weighted by Crippen LogP contribution is 2.27. The van der Waals surface area contributed by atoms with Crippen LogP contribution in [0.4, 0.5) is 0 Å². The van der Waals surface area contributed by atoms with Crippen LogP contribution in [0.5, 0.6) is 11.5 Å². The lowest BCUT2D eigenvalue weighted by Crippen LogP contribution is -2.04. The molecule has 29 heavy (non-hydrogen) atoms. The number of fused-ring (bicyclic) bond motifs is 1. The molecule has 0 aliphatic carbocycles. The number of hydrogen-bond acceptors (Lipinski definition) is 3. The normalized spacial score (nSPS) is 11.0. The highest BCUT2D eigenvalue weighted by Gasteiger charge is 2.12. The van der Waals surface area contributed by atoms with Gasteiger partial charge in [-0.1, -0.05) is 36.4 Å². The van der Waals surface area contributed by atoms with Gasteiger partial charge < -0.3 is 14.0 Å². The smallest absolute Gasteiger partial charge is 0.141 e. The summed E-state index contributed by atoms with van der Waals surface area (Å²) in [5.41, 5.74) is 4.46. The molecule has 0 aliphatic heterocycles. The number of rotatable bonds is 8. The summed E-state index contributed by atoms with van der Waals surface area (Å²) in [5, 5.41) is 0. The third kappa shape index (κ3) is 4.43. The van der Waals surface area contributed by atoms with Gasteiger partial charge in [0.05, 0.1) is 24.8 Å². The fourth-order valence-corrected chi connectivity index (χ4v) is 3.55. The first-order valence-electron chi connectivity index (χ1n) is 10.0. The summed E-state index contributed by atoms with van der Waals surface area (Å²) in [7, 11) is 1.69. The molecule has 148 valence electrons. The second kappa shape index (κ2) is 8.82. The average Bonchev–Trinajstić information content (AvgIpc) is 3.12. The van der Waals surface area contributed by atoms with Gasteiger partial charge in [-0.3, -0.25) is 0 Å². The van der Waals surface area contributed by atoms with E-state index in [4.69, 9.17) is 14.5 Å². The minimum Gasteiger partial charge on any atom is -0.497 e. The molecule has 0 spiro atoms. The summed E-state index contributed by atoms with van der Waals surface area (Å²) in [6.45, 7) is 3.69. The number of benzene rings is 3. The SMILES string of the molecule is COc1cccc(-c2nc3ccccc3n2CCCCOc2cccc(C)c2)c1. The van der Waals surface area contributed by atoms with Gasteiger partial charge in [0.15, 0.2) is 0 Å². The van der Waals surface area contributed by atoms with E-state index in [1.807, 2.05) is 36.4 Å². The lowest BCUT2D eigenvalue weighted by atomic mass is 10.2. The van der Waals surface area contributed by atoms with Gasteiger partial charge in [-0.15, -0.1) is 0 Å². The van der Waals surface area contributed by atoms with E-state index in [1.54, 1.807) is 7.11 Å². The predicted octanol–water partition coefficient (Wildman–Crippen LogP) is 5.88. The molecule has 1 heterocycles. The molecule has 4 heteroatoms. The van der Waals surface area contributed by atoms with Crippen molar-refractivity contribution in [1.82, 2.24) is 9.55 Å². The Hall–Kier alpha value is -3.27. The van der Waals surface area contributed by atoms with E-state index in [2.05, 4.69) is 47.9 Å². The fraction of sp³-hybridized carbons (Fsp3) is 0.240. The van der Waals surface area contributed by atoms with Gasteiger partial charge in [0.2, 0.25) is 0 Å². The van der Waals surface area contributed by atoms with Gasteiger partial charge in [-0.05, 0) is 61.7 Å². The van der Waals surface area contributed by atoms with Crippen LogP contribution in [0.1, 0.15) is 18.4 Å². The second-order valence-corrected chi connectivity index (χ2v) is 7.18. The quantitative estimate of drug-likeness (QED) is 0.355. The summed E-state index contributed by atoms with van der Waals surface area (Å²) in [5.74, 6) is 2.76. The van der Waals surface area contributed by atoms with Crippen LogP contribution in [0.25, 0.3) is 22.4 Å². The van der Waals surface area contributed by atoms with Crippen LogP contribution < -0.4 is 9.47 Å². The molecular formula is C25H26N2O2. The van der Waals surface area contributed by atoms with Crippen LogP contribution in [-0.2, 0) is 6.54 Å². The van der Waals surface area contributed by atoms with Gasteiger partial charge in [-0.2, -0.15) is 0 Å². The van der Waals surface area contributed by atoms with Crippen LogP contribution in [0.15, 0.2) is 72.8 Å². The van der Waals surface area contributed by atoms with Crippen molar-refractivity contribution in [3.63, 3.8) is 0 Å². The standard InChI is InChI=1S/C25H26N2O2/c1-19-9-7-12-22(17-19)29-16-6-5-15-27-24-14-4-3-13-23(24)26-25(27)20-10-8-11-21(18-20)28-2/h3-4,7-14,17-18H,5-6,15-16H2,1-2H3. The lowest BCUT2D eigenvalue weighted by Gasteiger charge is -2.11. The Labute approximate surface area is 171 Å². The van der Waals surface area contributed by atoms with E-state index in [9.17, 15) is 0 Å². The molecule has 0 amide bonds. The molecule has 0 saturated carbocycles. The molecule has 0 atom stereocenters. The first-order valence-corrected chi connectivity index (χ1v) is 10.0. The van der Waals surface area contributed by atoms with Crippen molar-refractivity contribution in [3.8, 4) is 22.9 Å². The number of ether oxygens (including phenoxy) is 2. The number of aryl methyl sites for hydroxylation is 2. The van der Waals surface area contributed by atoms with Gasteiger partial charge in [0.1, 0.15) is 17.3 Å². The fourth-order valence-electron chi connectivity index (χ4n) is 3.55. The Morgan fingerprint density at radius 2 is 1.69 bits per heavy atom. The molecule has 0 aliphatic rings. The van der Waals surface area contributed by atoms with Crippen molar-refractivity contribution in [3.05, 3.63) is 78.4 Å². The molecule has 3 aromatic carbocycles. The van der Waals surface area contributed by atoms with Gasteiger partial charge in [0, 0.05) is 12.1 Å². The summed E-state index contributed by atoms with van der Waals surface area (Å²) in [6, 6.07) is 24.6. The van der Waals surface area contributed by atoms with E-state index >= 15 is 0 Å². The molecule has 0 N–H and O–H groups in total. The molecule has 0 saturated heterocycles. The van der Waals surface area contributed by atoms with E-state index in [0.29, 0.717) is 6.61 Å². The van der Waals surface area contributed by atoms with Crippen LogP contribution in [0.3, 0.4) is 0 Å². The molecule has 0 bridgehead atoms. The Bertz CT molecular complexity index is 1100. The topological polar surface area (TPSA) is 36.3 Å². The van der Waals surface area contributed by atoms with Crippen LogP contribution in [0.2, 0.25) is 0 Å². The number of unbranched alkanes of at least 4 members (excludes halogenated alkanes) is 1. The third-order valence-corrected chi connectivity index (χ3v) is 5.02. The molecule has 1 aromatic heterocycles. The Morgan fingerprint density at radius 1 is 0.862 bits per heavy atom. The number of nitrogens with zero attached hydrogens (tertiary/aromatic N) is 2. The van der Waals surface area contributed by atoms with Crippen molar-refractivity contribution in [1.29, 1.82) is 0 Å². The minimum atomic E-state index is 0.713. The molecular weight excluding hydrogens is 360 g/mol.